The van der Waals surface area contributed by atoms with Gasteiger partial charge in [-0.1, -0.05) is 44.2 Å². The largest absolute Gasteiger partial charge is 0.335 e. The van der Waals surface area contributed by atoms with Gasteiger partial charge in [-0.25, -0.2) is 9.69 Å². The van der Waals surface area contributed by atoms with Gasteiger partial charge < -0.3 is 4.57 Å². The standard InChI is InChI=1S/C28H29N3O3/c1-6-17(2)21-11-13-23(14-12-21)31-27(33)24(26(32)29-28(31)34)16-22-15-19(4)30(20(22)5)25-10-8-7-9-18(25)3/h7-17H,6H2,1-5H3,(H,29,32,34)/b24-16-/t17-/m1/s1. The summed E-state index contributed by atoms with van der Waals surface area (Å²) < 4.78 is 2.10. The number of nitrogens with one attached hydrogen (secondary N) is 1. The highest BCUT2D eigenvalue weighted by Gasteiger charge is 2.37. The second-order valence-electron chi connectivity index (χ2n) is 8.81. The van der Waals surface area contributed by atoms with Gasteiger partial charge in [0.1, 0.15) is 5.57 Å². The summed E-state index contributed by atoms with van der Waals surface area (Å²) in [6.45, 7) is 10.2. The van der Waals surface area contributed by atoms with Gasteiger partial charge in [0.25, 0.3) is 11.8 Å². The number of imide groups is 2. The van der Waals surface area contributed by atoms with Crippen LogP contribution < -0.4 is 10.2 Å². The van der Waals surface area contributed by atoms with Crippen molar-refractivity contribution < 1.29 is 14.4 Å². The Morgan fingerprint density at radius 2 is 1.65 bits per heavy atom. The van der Waals surface area contributed by atoms with Crippen molar-refractivity contribution >= 4 is 29.6 Å². The molecule has 0 aliphatic carbocycles. The van der Waals surface area contributed by atoms with E-state index < -0.39 is 17.8 Å². The second kappa shape index (κ2) is 9.14. The van der Waals surface area contributed by atoms with E-state index in [0.29, 0.717) is 11.6 Å². The smallest absolute Gasteiger partial charge is 0.318 e. The number of carbonyl (C=O) groups is 3. The zero-order chi connectivity index (χ0) is 24.6. The number of aromatic nitrogens is 1. The molecule has 1 N–H and O–H groups in total. The normalized spacial score (nSPS) is 16.2. The van der Waals surface area contributed by atoms with Crippen LogP contribution in [-0.4, -0.2) is 22.4 Å². The molecule has 0 spiro atoms. The van der Waals surface area contributed by atoms with E-state index in [9.17, 15) is 14.4 Å². The van der Waals surface area contributed by atoms with Gasteiger partial charge in [0.2, 0.25) is 0 Å². The Bertz CT molecular complexity index is 1320. The molecule has 3 aromatic rings. The number of para-hydroxylation sites is 1. The summed E-state index contributed by atoms with van der Waals surface area (Å²) in [5.41, 5.74) is 6.28. The Morgan fingerprint density at radius 1 is 0.971 bits per heavy atom. The van der Waals surface area contributed by atoms with Gasteiger partial charge in [-0.3, -0.25) is 14.9 Å². The molecule has 2 heterocycles. The summed E-state index contributed by atoms with van der Waals surface area (Å²) in [5, 5.41) is 2.31. The van der Waals surface area contributed by atoms with Gasteiger partial charge >= 0.3 is 6.03 Å². The highest BCUT2D eigenvalue weighted by atomic mass is 16.2. The number of hydrogen-bond acceptors (Lipinski definition) is 3. The average molecular weight is 456 g/mol. The number of anilines is 1. The molecule has 1 fully saturated rings. The van der Waals surface area contributed by atoms with E-state index in [0.717, 1.165) is 45.1 Å². The number of amides is 4. The van der Waals surface area contributed by atoms with E-state index in [2.05, 4.69) is 23.7 Å². The van der Waals surface area contributed by atoms with Crippen molar-refractivity contribution in [2.75, 3.05) is 4.90 Å². The lowest BCUT2D eigenvalue weighted by Crippen LogP contribution is -2.54. The maximum absolute atomic E-state index is 13.3. The van der Waals surface area contributed by atoms with Gasteiger partial charge in [0.15, 0.2) is 0 Å². The van der Waals surface area contributed by atoms with Gasteiger partial charge in [0.05, 0.1) is 5.69 Å². The minimum absolute atomic E-state index is 0.0735. The number of nitrogens with zero attached hydrogens (tertiary/aromatic N) is 2. The first-order chi connectivity index (χ1) is 16.2. The first-order valence-corrected chi connectivity index (χ1v) is 11.5. The van der Waals surface area contributed by atoms with E-state index in [-0.39, 0.29) is 5.57 Å². The summed E-state index contributed by atoms with van der Waals surface area (Å²) in [6.07, 6.45) is 2.56. The third-order valence-corrected chi connectivity index (χ3v) is 6.56. The predicted octanol–water partition coefficient (Wildman–Crippen LogP) is 5.58. The Hall–Kier alpha value is -3.93. The molecule has 1 aromatic heterocycles. The second-order valence-corrected chi connectivity index (χ2v) is 8.81. The van der Waals surface area contributed by atoms with Crippen LogP contribution in [0.2, 0.25) is 0 Å². The maximum atomic E-state index is 13.3. The van der Waals surface area contributed by atoms with Gasteiger partial charge in [-0.15, -0.1) is 0 Å². The summed E-state index contributed by atoms with van der Waals surface area (Å²) in [4.78, 5) is 39.6. The van der Waals surface area contributed by atoms with Crippen molar-refractivity contribution in [3.05, 3.63) is 88.2 Å². The molecule has 2 aromatic carbocycles. The number of aryl methyl sites for hydroxylation is 2. The van der Waals surface area contributed by atoms with Gasteiger partial charge in [-0.05, 0) is 80.1 Å². The minimum Gasteiger partial charge on any atom is -0.318 e. The van der Waals surface area contributed by atoms with E-state index in [1.54, 1.807) is 18.2 Å². The van der Waals surface area contributed by atoms with Crippen LogP contribution in [-0.2, 0) is 9.59 Å². The van der Waals surface area contributed by atoms with E-state index in [1.165, 1.54) is 0 Å². The molecule has 0 radical (unpaired) electrons. The lowest BCUT2D eigenvalue weighted by molar-refractivity contribution is -0.122. The SMILES string of the molecule is CC[C@@H](C)c1ccc(N2C(=O)NC(=O)/C(=C/c3cc(C)n(-c4ccccc4C)c3C)C2=O)cc1. The fourth-order valence-corrected chi connectivity index (χ4v) is 4.35. The van der Waals surface area contributed by atoms with E-state index in [4.69, 9.17) is 0 Å². The van der Waals surface area contributed by atoms with Crippen molar-refractivity contribution in [1.29, 1.82) is 0 Å². The van der Waals surface area contributed by atoms with Crippen LogP contribution in [0.4, 0.5) is 10.5 Å². The fraction of sp³-hybridized carbons (Fsp3) is 0.250. The predicted molar refractivity (Wildman–Crippen MR) is 134 cm³/mol. The van der Waals surface area contributed by atoms with Crippen LogP contribution in [0.3, 0.4) is 0 Å². The topological polar surface area (TPSA) is 71.4 Å². The Morgan fingerprint density at radius 3 is 2.29 bits per heavy atom. The summed E-state index contributed by atoms with van der Waals surface area (Å²) in [5.74, 6) is -0.950. The molecule has 4 rings (SSSR count). The molecule has 0 bridgehead atoms. The molecule has 34 heavy (non-hydrogen) atoms. The van der Waals surface area contributed by atoms with E-state index >= 15 is 0 Å². The number of hydrogen-bond donors (Lipinski definition) is 1. The van der Waals surface area contributed by atoms with Crippen molar-refractivity contribution in [3.8, 4) is 5.69 Å². The van der Waals surface area contributed by atoms with Crippen molar-refractivity contribution in [3.63, 3.8) is 0 Å². The Balaban J connectivity index is 1.72. The van der Waals surface area contributed by atoms with Crippen LogP contribution in [0.5, 0.6) is 0 Å². The molecule has 1 aliphatic rings. The number of barbiturate groups is 1. The molecule has 1 saturated heterocycles. The number of benzene rings is 2. The van der Waals surface area contributed by atoms with Gasteiger partial charge in [0, 0.05) is 17.1 Å². The third kappa shape index (κ3) is 4.07. The molecular weight excluding hydrogens is 426 g/mol. The zero-order valence-electron chi connectivity index (χ0n) is 20.2. The molecular formula is C28H29N3O3. The van der Waals surface area contributed by atoms with Crippen molar-refractivity contribution in [2.24, 2.45) is 0 Å². The van der Waals surface area contributed by atoms with Crippen LogP contribution in [0.15, 0.2) is 60.2 Å². The van der Waals surface area contributed by atoms with Crippen LogP contribution in [0.25, 0.3) is 11.8 Å². The van der Waals surface area contributed by atoms with Crippen molar-refractivity contribution in [1.82, 2.24) is 9.88 Å². The van der Waals surface area contributed by atoms with Crippen LogP contribution in [0.1, 0.15) is 54.3 Å². The molecule has 174 valence electrons. The molecule has 0 saturated carbocycles. The molecule has 0 unspecified atom stereocenters. The first-order valence-electron chi connectivity index (χ1n) is 11.5. The van der Waals surface area contributed by atoms with Crippen LogP contribution in [0, 0.1) is 20.8 Å². The highest BCUT2D eigenvalue weighted by Crippen LogP contribution is 2.28. The number of rotatable bonds is 5. The minimum atomic E-state index is -0.742. The Labute approximate surface area is 199 Å². The first kappa shape index (κ1) is 23.2. The number of carbonyl (C=O) groups excluding carboxylic acids is 3. The fourth-order valence-electron chi connectivity index (χ4n) is 4.35. The maximum Gasteiger partial charge on any atom is 0.335 e. The van der Waals surface area contributed by atoms with Gasteiger partial charge in [-0.2, -0.15) is 0 Å². The monoisotopic (exact) mass is 455 g/mol. The lowest BCUT2D eigenvalue weighted by Gasteiger charge is -2.26. The molecule has 6 heteroatoms. The summed E-state index contributed by atoms with van der Waals surface area (Å²) in [7, 11) is 0. The Kier molecular flexibility index (Phi) is 6.24. The third-order valence-electron chi connectivity index (χ3n) is 6.56. The quantitative estimate of drug-likeness (QED) is 0.403. The lowest BCUT2D eigenvalue weighted by atomic mass is 9.98. The highest BCUT2D eigenvalue weighted by molar-refractivity contribution is 6.39. The summed E-state index contributed by atoms with van der Waals surface area (Å²) >= 11 is 0. The molecule has 1 atom stereocenters. The van der Waals surface area contributed by atoms with Crippen molar-refractivity contribution in [2.45, 2.75) is 47.0 Å². The average Bonchev–Trinajstić information content (AvgIpc) is 3.09. The summed E-state index contributed by atoms with van der Waals surface area (Å²) in [6, 6.07) is 16.6. The van der Waals surface area contributed by atoms with E-state index in [1.807, 2.05) is 63.2 Å². The number of urea groups is 1. The van der Waals surface area contributed by atoms with Crippen LogP contribution >= 0.6 is 0 Å². The molecule has 1 aliphatic heterocycles. The molecule has 4 amide bonds. The zero-order valence-corrected chi connectivity index (χ0v) is 20.2. The molecule has 6 nitrogen and oxygen atoms in total.